The molecule has 0 aliphatic heterocycles. The second-order valence-electron chi connectivity index (χ2n) is 1.31. The van der Waals surface area contributed by atoms with Crippen LogP contribution in [-0.2, 0) is 4.84 Å². The Morgan fingerprint density at radius 3 is 2.70 bits per heavy atom. The third kappa shape index (κ3) is 6.42. The smallest absolute Gasteiger partial charge is 0.111 e. The lowest BCUT2D eigenvalue weighted by Crippen LogP contribution is -1.88. The molecule has 0 saturated heterocycles. The molecule has 7 nitrogen and oxygen atoms in total. The summed E-state index contributed by atoms with van der Waals surface area (Å²) in [6, 6.07) is 0. The van der Waals surface area contributed by atoms with Gasteiger partial charge in [-0.2, -0.15) is 0 Å². The lowest BCUT2D eigenvalue weighted by atomic mass is 10.5. The third-order valence-electron chi connectivity index (χ3n) is 0.651. The molecule has 0 heterocycles. The van der Waals surface area contributed by atoms with Gasteiger partial charge in [-0.25, -0.2) is 0 Å². The first-order valence-corrected chi connectivity index (χ1v) is 2.59. The molecule has 0 aliphatic rings. The van der Waals surface area contributed by atoms with E-state index in [0.29, 0.717) is 13.0 Å². The predicted octanol–water partition coefficient (Wildman–Crippen LogP) is 1.93. The molecule has 0 spiro atoms. The van der Waals surface area contributed by atoms with Crippen LogP contribution in [0.5, 0.6) is 0 Å². The molecule has 7 heteroatoms. The topological polar surface area (TPSA) is 107 Å². The number of rotatable bonds is 5. The third-order valence-corrected chi connectivity index (χ3v) is 0.651. The Morgan fingerprint density at radius 1 is 1.30 bits per heavy atom. The molecule has 0 radical (unpaired) electrons. The van der Waals surface area contributed by atoms with Gasteiger partial charge in [0.05, 0.1) is 6.61 Å². The van der Waals surface area contributed by atoms with Crippen LogP contribution in [0.15, 0.2) is 10.4 Å². The minimum absolute atomic E-state index is 0.281. The van der Waals surface area contributed by atoms with E-state index in [2.05, 4.69) is 25.1 Å². The fourth-order valence-electron chi connectivity index (χ4n) is 0.311. The molecule has 0 aromatic rings. The van der Waals surface area contributed by atoms with Crippen molar-refractivity contribution in [2.75, 3.05) is 13.2 Å². The molecule has 0 fully saturated rings. The zero-order valence-corrected chi connectivity index (χ0v) is 5.21. The van der Waals surface area contributed by atoms with Crippen molar-refractivity contribution in [1.82, 2.24) is 0 Å². The van der Waals surface area contributed by atoms with Crippen molar-refractivity contribution in [1.29, 1.82) is 0 Å². The minimum atomic E-state index is 0.281. The average molecular weight is 142 g/mol. The highest BCUT2D eigenvalue weighted by atomic mass is 16.6. The van der Waals surface area contributed by atoms with Crippen LogP contribution < -0.4 is 0 Å². The molecule has 0 atom stereocenters. The zero-order valence-electron chi connectivity index (χ0n) is 5.21. The molecule has 0 unspecified atom stereocenters. The molecular weight excluding hydrogens is 136 g/mol. The number of hydrogen-bond acceptors (Lipinski definition) is 3. The minimum Gasteiger partial charge on any atom is -0.434 e. The zero-order chi connectivity index (χ0) is 7.66. The molecule has 0 saturated carbocycles. The molecule has 0 rings (SSSR count). The molecule has 10 heavy (non-hydrogen) atoms. The van der Waals surface area contributed by atoms with Gasteiger partial charge in [-0.1, -0.05) is 5.11 Å². The van der Waals surface area contributed by atoms with Crippen LogP contribution in [0.1, 0.15) is 6.42 Å². The van der Waals surface area contributed by atoms with Crippen LogP contribution >= 0.6 is 0 Å². The standard InChI is InChI=1S/C3H6N6O/c4-7-6-2-1-3-10-9-8-5/h1-3H2. The first-order valence-electron chi connectivity index (χ1n) is 2.59. The fourth-order valence-corrected chi connectivity index (χ4v) is 0.311. The fraction of sp³-hybridized carbons (Fsp3) is 1.00. The molecule has 0 bridgehead atoms. The summed E-state index contributed by atoms with van der Waals surface area (Å²) in [5.41, 5.74) is 15.5. The Morgan fingerprint density at radius 2 is 2.10 bits per heavy atom. The van der Waals surface area contributed by atoms with Gasteiger partial charge in [0.15, 0.2) is 0 Å². The predicted molar refractivity (Wildman–Crippen MR) is 33.7 cm³/mol. The summed E-state index contributed by atoms with van der Waals surface area (Å²) < 4.78 is 0. The molecule has 54 valence electrons. The van der Waals surface area contributed by atoms with E-state index in [4.69, 9.17) is 11.1 Å². The van der Waals surface area contributed by atoms with Crippen molar-refractivity contribution >= 4 is 0 Å². The molecule has 0 aliphatic carbocycles. The van der Waals surface area contributed by atoms with Crippen molar-refractivity contribution in [3.8, 4) is 0 Å². The molecule has 0 aromatic heterocycles. The largest absolute Gasteiger partial charge is 0.434 e. The van der Waals surface area contributed by atoms with Gasteiger partial charge < -0.3 is 4.84 Å². The Bertz CT molecular complexity index is 146. The Hall–Kier alpha value is -1.58. The van der Waals surface area contributed by atoms with Crippen LogP contribution in [0.4, 0.5) is 0 Å². The van der Waals surface area contributed by atoms with Crippen LogP contribution in [0, 0.1) is 0 Å². The van der Waals surface area contributed by atoms with Crippen LogP contribution in [0.2, 0.25) is 0 Å². The molecular formula is C3H6N6O. The van der Waals surface area contributed by atoms with Gasteiger partial charge in [-0.15, -0.1) is 0 Å². The van der Waals surface area contributed by atoms with Crippen molar-refractivity contribution in [2.45, 2.75) is 6.42 Å². The lowest BCUT2D eigenvalue weighted by Gasteiger charge is -1.91. The monoisotopic (exact) mass is 142 g/mol. The summed E-state index contributed by atoms with van der Waals surface area (Å²) in [5, 5.41) is 6.05. The number of hydrogen-bond donors (Lipinski definition) is 0. The molecule has 0 aromatic carbocycles. The second kappa shape index (κ2) is 7.42. The highest BCUT2D eigenvalue weighted by Gasteiger charge is 1.81. The van der Waals surface area contributed by atoms with Gasteiger partial charge in [-0.3, -0.25) is 0 Å². The summed E-state index contributed by atoms with van der Waals surface area (Å²) in [7, 11) is 0. The molecule has 0 N–H and O–H groups in total. The summed E-state index contributed by atoms with van der Waals surface area (Å²) in [6.07, 6.45) is 0.559. The van der Waals surface area contributed by atoms with Crippen LogP contribution in [0.3, 0.4) is 0 Å². The van der Waals surface area contributed by atoms with Crippen molar-refractivity contribution in [3.05, 3.63) is 20.9 Å². The van der Waals surface area contributed by atoms with E-state index >= 15 is 0 Å². The summed E-state index contributed by atoms with van der Waals surface area (Å²) in [5.74, 6) is 0. The van der Waals surface area contributed by atoms with Gasteiger partial charge in [0.25, 0.3) is 0 Å². The highest BCUT2D eigenvalue weighted by molar-refractivity contribution is 4.45. The van der Waals surface area contributed by atoms with Crippen LogP contribution in [-0.4, -0.2) is 13.2 Å². The number of nitrogens with zero attached hydrogens (tertiary/aromatic N) is 6. The first kappa shape index (κ1) is 8.42. The van der Waals surface area contributed by atoms with Crippen molar-refractivity contribution < 1.29 is 4.84 Å². The van der Waals surface area contributed by atoms with E-state index in [1.807, 2.05) is 0 Å². The normalized spacial score (nSPS) is 7.20. The second-order valence-corrected chi connectivity index (χ2v) is 1.31. The van der Waals surface area contributed by atoms with Gasteiger partial charge in [0.2, 0.25) is 0 Å². The van der Waals surface area contributed by atoms with E-state index in [0.717, 1.165) is 0 Å². The highest BCUT2D eigenvalue weighted by Crippen LogP contribution is 1.84. The first-order chi connectivity index (χ1) is 4.91. The van der Waals surface area contributed by atoms with Gasteiger partial charge in [0, 0.05) is 16.4 Å². The van der Waals surface area contributed by atoms with Crippen molar-refractivity contribution in [2.24, 2.45) is 10.4 Å². The summed E-state index contributed by atoms with van der Waals surface area (Å²) in [4.78, 5) is 9.23. The van der Waals surface area contributed by atoms with Crippen LogP contribution in [0.25, 0.3) is 20.9 Å². The molecule has 0 amide bonds. The van der Waals surface area contributed by atoms with Gasteiger partial charge in [0.1, 0.15) is 5.28 Å². The van der Waals surface area contributed by atoms with Crippen molar-refractivity contribution in [3.63, 3.8) is 0 Å². The Labute approximate surface area is 56.8 Å². The van der Waals surface area contributed by atoms with E-state index in [1.54, 1.807) is 0 Å². The SMILES string of the molecule is [N-]=[N+]=NCCCON=[N+]=[N-]. The van der Waals surface area contributed by atoms with E-state index in [1.165, 1.54) is 0 Å². The maximum absolute atomic E-state index is 7.80. The lowest BCUT2D eigenvalue weighted by molar-refractivity contribution is 0.137. The average Bonchev–Trinajstić information content (AvgIpc) is 1.97. The summed E-state index contributed by atoms with van der Waals surface area (Å²) >= 11 is 0. The van der Waals surface area contributed by atoms with E-state index in [9.17, 15) is 0 Å². The summed E-state index contributed by atoms with van der Waals surface area (Å²) in [6.45, 7) is 0.639. The number of azide groups is 2. The van der Waals surface area contributed by atoms with E-state index < -0.39 is 0 Å². The van der Waals surface area contributed by atoms with Gasteiger partial charge >= 0.3 is 0 Å². The Balaban J connectivity index is 3.04. The quantitative estimate of drug-likeness (QED) is 0.189. The maximum atomic E-state index is 7.80. The maximum Gasteiger partial charge on any atom is 0.111 e. The van der Waals surface area contributed by atoms with E-state index in [-0.39, 0.29) is 6.61 Å². The Kier molecular flexibility index (Phi) is 6.25. The van der Waals surface area contributed by atoms with Gasteiger partial charge in [-0.05, 0) is 17.5 Å².